The molecule has 7 heteroatoms. The highest BCUT2D eigenvalue weighted by atomic mass is 35.5. The monoisotopic (exact) mass is 447 g/mol. The summed E-state index contributed by atoms with van der Waals surface area (Å²) in [6, 6.07) is 22.3. The van der Waals surface area contributed by atoms with E-state index in [2.05, 4.69) is 5.10 Å². The van der Waals surface area contributed by atoms with E-state index >= 15 is 0 Å². The molecule has 0 bridgehead atoms. The minimum Gasteiger partial charge on any atom is -0.481 e. The summed E-state index contributed by atoms with van der Waals surface area (Å²) in [5.74, 6) is -1.52. The summed E-state index contributed by atoms with van der Waals surface area (Å²) >= 11 is 5.94. The van der Waals surface area contributed by atoms with Crippen LogP contribution in [-0.4, -0.2) is 27.3 Å². The molecule has 0 aliphatic rings. The highest BCUT2D eigenvalue weighted by Crippen LogP contribution is 2.29. The third-order valence-electron chi connectivity index (χ3n) is 5.48. The van der Waals surface area contributed by atoms with Gasteiger partial charge in [0.2, 0.25) is 6.41 Å². The standard InChI is InChI=1S/C25H22ClN3O3/c1-2-21(25(31)32)24-22-5-3-4-6-23(22)29(27-24)15-17-7-11-19(12-8-17)28(16-30)20-13-9-18(26)10-14-20/h3-14,16,21H,2,15H2,1H3,(H,31,32). The predicted molar refractivity (Wildman–Crippen MR) is 126 cm³/mol. The van der Waals surface area contributed by atoms with Gasteiger partial charge in [-0.15, -0.1) is 0 Å². The Balaban J connectivity index is 1.63. The molecule has 4 rings (SSSR count). The Morgan fingerprint density at radius 3 is 2.28 bits per heavy atom. The summed E-state index contributed by atoms with van der Waals surface area (Å²) < 4.78 is 1.84. The van der Waals surface area contributed by atoms with Gasteiger partial charge in [-0.25, -0.2) is 0 Å². The number of rotatable bonds is 8. The van der Waals surface area contributed by atoms with E-state index in [0.717, 1.165) is 34.3 Å². The van der Waals surface area contributed by atoms with Gasteiger partial charge in [-0.1, -0.05) is 48.9 Å². The molecule has 1 amide bonds. The number of fused-ring (bicyclic) bond motifs is 1. The fraction of sp³-hybridized carbons (Fsp3) is 0.160. The SMILES string of the molecule is CCC(C(=O)O)c1nn(Cc2ccc(N(C=O)c3ccc(Cl)cc3)cc2)c2ccccc12. The lowest BCUT2D eigenvalue weighted by molar-refractivity contribution is -0.138. The smallest absolute Gasteiger partial charge is 0.312 e. The Morgan fingerprint density at radius 1 is 1.06 bits per heavy atom. The van der Waals surface area contributed by atoms with Gasteiger partial charge in [0.1, 0.15) is 5.92 Å². The topological polar surface area (TPSA) is 75.4 Å². The van der Waals surface area contributed by atoms with Crippen LogP contribution in [0.4, 0.5) is 11.4 Å². The molecule has 0 saturated carbocycles. The zero-order valence-corrected chi connectivity index (χ0v) is 18.2. The Morgan fingerprint density at radius 2 is 1.69 bits per heavy atom. The van der Waals surface area contributed by atoms with Gasteiger partial charge < -0.3 is 5.11 Å². The number of carbonyl (C=O) groups excluding carboxylic acids is 1. The number of hydrogen-bond donors (Lipinski definition) is 1. The zero-order chi connectivity index (χ0) is 22.7. The van der Waals surface area contributed by atoms with Gasteiger partial charge in [-0.2, -0.15) is 5.10 Å². The van der Waals surface area contributed by atoms with Crippen LogP contribution in [0.25, 0.3) is 10.9 Å². The van der Waals surface area contributed by atoms with E-state index in [1.54, 1.807) is 29.2 Å². The van der Waals surface area contributed by atoms with Gasteiger partial charge in [0.15, 0.2) is 0 Å². The Hall–Kier alpha value is -3.64. The number of carboxylic acids is 1. The Bertz CT molecular complexity index is 1250. The molecule has 0 aliphatic carbocycles. The van der Waals surface area contributed by atoms with Crippen LogP contribution in [0.15, 0.2) is 72.8 Å². The van der Waals surface area contributed by atoms with Crippen molar-refractivity contribution in [2.24, 2.45) is 0 Å². The molecule has 3 aromatic carbocycles. The molecule has 6 nitrogen and oxygen atoms in total. The van der Waals surface area contributed by atoms with Crippen LogP contribution in [0.3, 0.4) is 0 Å². The van der Waals surface area contributed by atoms with Crippen LogP contribution < -0.4 is 4.90 Å². The average Bonchev–Trinajstić information content (AvgIpc) is 3.15. The maximum absolute atomic E-state index is 11.7. The van der Waals surface area contributed by atoms with E-state index in [1.807, 2.05) is 60.1 Å². The summed E-state index contributed by atoms with van der Waals surface area (Å²) in [5, 5.41) is 15.7. The van der Waals surface area contributed by atoms with E-state index in [4.69, 9.17) is 11.6 Å². The first-order chi connectivity index (χ1) is 15.5. The van der Waals surface area contributed by atoms with Crippen LogP contribution >= 0.6 is 11.6 Å². The van der Waals surface area contributed by atoms with Crippen molar-refractivity contribution < 1.29 is 14.7 Å². The molecule has 0 saturated heterocycles. The molecule has 32 heavy (non-hydrogen) atoms. The first kappa shape index (κ1) is 21.6. The van der Waals surface area contributed by atoms with E-state index in [1.165, 1.54) is 0 Å². The second-order valence-electron chi connectivity index (χ2n) is 7.48. The number of anilines is 2. The molecule has 162 valence electrons. The minimum absolute atomic E-state index is 0.470. The number of carboxylic acid groups (broad SMARTS) is 1. The van der Waals surface area contributed by atoms with Gasteiger partial charge in [-0.05, 0) is 54.4 Å². The fourth-order valence-corrected chi connectivity index (χ4v) is 3.95. The fourth-order valence-electron chi connectivity index (χ4n) is 3.82. The van der Waals surface area contributed by atoms with Crippen LogP contribution in [0.2, 0.25) is 5.02 Å². The van der Waals surface area contributed by atoms with E-state index in [0.29, 0.717) is 23.7 Å². The van der Waals surface area contributed by atoms with E-state index < -0.39 is 11.9 Å². The maximum atomic E-state index is 11.7. The average molecular weight is 448 g/mol. The molecule has 1 heterocycles. The number of halogens is 1. The van der Waals surface area contributed by atoms with Gasteiger partial charge in [0.25, 0.3) is 0 Å². The quantitative estimate of drug-likeness (QED) is 0.356. The minimum atomic E-state index is -0.872. The molecule has 0 radical (unpaired) electrons. The molecule has 1 unspecified atom stereocenters. The summed E-state index contributed by atoms with van der Waals surface area (Å²) in [4.78, 5) is 25.0. The summed E-state index contributed by atoms with van der Waals surface area (Å²) in [6.07, 6.45) is 1.24. The van der Waals surface area contributed by atoms with Crippen molar-refractivity contribution in [1.82, 2.24) is 9.78 Å². The van der Waals surface area contributed by atoms with Gasteiger partial charge >= 0.3 is 5.97 Å². The van der Waals surface area contributed by atoms with Crippen molar-refractivity contribution in [3.05, 3.63) is 89.1 Å². The maximum Gasteiger partial charge on any atom is 0.312 e. The third-order valence-corrected chi connectivity index (χ3v) is 5.73. The normalized spacial score (nSPS) is 11.9. The summed E-state index contributed by atoms with van der Waals surface area (Å²) in [6.45, 7) is 2.34. The van der Waals surface area contributed by atoms with Crippen molar-refractivity contribution in [3.8, 4) is 0 Å². The van der Waals surface area contributed by atoms with Crippen molar-refractivity contribution >= 4 is 46.3 Å². The number of aromatic nitrogens is 2. The number of amides is 1. The third kappa shape index (κ3) is 4.22. The largest absolute Gasteiger partial charge is 0.481 e. The molecular weight excluding hydrogens is 426 g/mol. The molecule has 0 fully saturated rings. The van der Waals surface area contributed by atoms with Crippen molar-refractivity contribution in [2.75, 3.05) is 4.90 Å². The first-order valence-corrected chi connectivity index (χ1v) is 10.7. The van der Waals surface area contributed by atoms with E-state index in [9.17, 15) is 14.7 Å². The van der Waals surface area contributed by atoms with Crippen LogP contribution in [0.5, 0.6) is 0 Å². The zero-order valence-electron chi connectivity index (χ0n) is 17.5. The lowest BCUT2D eigenvalue weighted by atomic mass is 9.99. The predicted octanol–water partition coefficient (Wildman–Crippen LogP) is 5.61. The number of nitrogens with zero attached hydrogens (tertiary/aromatic N) is 3. The summed E-state index contributed by atoms with van der Waals surface area (Å²) in [5.41, 5.74) is 3.91. The number of para-hydroxylation sites is 1. The van der Waals surface area contributed by atoms with Crippen LogP contribution in [0, 0.1) is 0 Å². The van der Waals surface area contributed by atoms with Crippen molar-refractivity contribution in [3.63, 3.8) is 0 Å². The first-order valence-electron chi connectivity index (χ1n) is 10.3. The molecule has 0 aliphatic heterocycles. The molecule has 1 N–H and O–H groups in total. The van der Waals surface area contributed by atoms with E-state index in [-0.39, 0.29) is 0 Å². The molecule has 4 aromatic rings. The number of carbonyl (C=O) groups is 2. The number of hydrogen-bond acceptors (Lipinski definition) is 3. The Kier molecular flexibility index (Phi) is 6.23. The molecule has 1 atom stereocenters. The lowest BCUT2D eigenvalue weighted by Crippen LogP contribution is -2.14. The highest BCUT2D eigenvalue weighted by Gasteiger charge is 2.24. The van der Waals surface area contributed by atoms with Crippen LogP contribution in [0.1, 0.15) is 30.5 Å². The Labute approximate surface area is 190 Å². The van der Waals surface area contributed by atoms with Gasteiger partial charge in [0, 0.05) is 21.8 Å². The van der Waals surface area contributed by atoms with Crippen molar-refractivity contribution in [1.29, 1.82) is 0 Å². The summed E-state index contributed by atoms with van der Waals surface area (Å²) in [7, 11) is 0. The van der Waals surface area contributed by atoms with Gasteiger partial charge in [-0.3, -0.25) is 19.2 Å². The number of aliphatic carboxylic acids is 1. The second kappa shape index (κ2) is 9.24. The van der Waals surface area contributed by atoms with Gasteiger partial charge in [0.05, 0.1) is 17.8 Å². The molecule has 1 aromatic heterocycles. The second-order valence-corrected chi connectivity index (χ2v) is 7.91. The number of benzene rings is 3. The molecule has 0 spiro atoms. The molecular formula is C25H22ClN3O3. The van der Waals surface area contributed by atoms with Crippen molar-refractivity contribution in [2.45, 2.75) is 25.8 Å². The van der Waals surface area contributed by atoms with Crippen LogP contribution in [-0.2, 0) is 16.1 Å². The highest BCUT2D eigenvalue weighted by molar-refractivity contribution is 6.30. The lowest BCUT2D eigenvalue weighted by Gasteiger charge is -2.18.